The predicted octanol–water partition coefficient (Wildman–Crippen LogP) is 3.49. The number of hydrogen-bond donors (Lipinski definition) is 2. The molecule has 0 bridgehead atoms. The van der Waals surface area contributed by atoms with Crippen molar-refractivity contribution < 1.29 is 5.11 Å². The van der Waals surface area contributed by atoms with Crippen LogP contribution in [0.3, 0.4) is 0 Å². The Morgan fingerprint density at radius 1 is 1.25 bits per heavy atom. The van der Waals surface area contributed by atoms with Crippen molar-refractivity contribution in [1.82, 2.24) is 14.8 Å². The number of anilines is 1. The summed E-state index contributed by atoms with van der Waals surface area (Å²) in [5.41, 5.74) is 3.05. The molecule has 0 atom stereocenters. The van der Waals surface area contributed by atoms with Crippen LogP contribution in [0.2, 0.25) is 0 Å². The van der Waals surface area contributed by atoms with E-state index in [1.807, 2.05) is 41.1 Å². The van der Waals surface area contributed by atoms with E-state index in [0.717, 1.165) is 22.8 Å². The van der Waals surface area contributed by atoms with E-state index < -0.39 is 0 Å². The van der Waals surface area contributed by atoms with E-state index in [0.29, 0.717) is 19.0 Å². The Balaban J connectivity index is 1.51. The summed E-state index contributed by atoms with van der Waals surface area (Å²) in [6.07, 6.45) is 2.56. The van der Waals surface area contributed by atoms with Crippen molar-refractivity contribution in [3.63, 3.8) is 0 Å². The molecule has 0 radical (unpaired) electrons. The highest BCUT2D eigenvalue weighted by atomic mass is 32.1. The molecule has 2 aromatic heterocycles. The van der Waals surface area contributed by atoms with Gasteiger partial charge in [0.15, 0.2) is 0 Å². The molecule has 0 unspecified atom stereocenters. The van der Waals surface area contributed by atoms with Crippen LogP contribution in [-0.4, -0.2) is 26.5 Å². The third-order valence-electron chi connectivity index (χ3n) is 4.11. The van der Waals surface area contributed by atoms with Crippen molar-refractivity contribution in [3.8, 4) is 11.3 Å². The number of aromatic nitrogens is 3. The molecule has 6 heteroatoms. The van der Waals surface area contributed by atoms with Crippen LogP contribution in [0.5, 0.6) is 0 Å². The lowest BCUT2D eigenvalue weighted by atomic mass is 10.2. The zero-order valence-corrected chi connectivity index (χ0v) is 14.2. The van der Waals surface area contributed by atoms with Crippen LogP contribution >= 0.6 is 11.3 Å². The first-order valence-electron chi connectivity index (χ1n) is 8.26. The SMILES string of the molecule is OCCn1nc(-c2ccccc2)cc1NCc1csc(C2CC2)n1. The fourth-order valence-corrected chi connectivity index (χ4v) is 3.67. The van der Waals surface area contributed by atoms with Crippen LogP contribution < -0.4 is 5.32 Å². The van der Waals surface area contributed by atoms with Crippen molar-refractivity contribution >= 4 is 17.2 Å². The van der Waals surface area contributed by atoms with Crippen LogP contribution in [0.25, 0.3) is 11.3 Å². The molecular formula is C18H20N4OS. The summed E-state index contributed by atoms with van der Waals surface area (Å²) in [5, 5.41) is 20.7. The van der Waals surface area contributed by atoms with Gasteiger partial charge in [0.25, 0.3) is 0 Å². The van der Waals surface area contributed by atoms with Crippen LogP contribution in [0, 0.1) is 0 Å². The molecule has 4 rings (SSSR count). The smallest absolute Gasteiger partial charge is 0.125 e. The molecule has 3 aromatic rings. The van der Waals surface area contributed by atoms with Gasteiger partial charge in [-0.2, -0.15) is 5.10 Å². The van der Waals surface area contributed by atoms with E-state index in [1.54, 1.807) is 11.3 Å². The van der Waals surface area contributed by atoms with Crippen molar-refractivity contribution in [3.05, 3.63) is 52.5 Å². The average Bonchev–Trinajstić information content (AvgIpc) is 3.22. The molecular weight excluding hydrogens is 320 g/mol. The Labute approximate surface area is 145 Å². The molecule has 0 saturated heterocycles. The highest BCUT2D eigenvalue weighted by Gasteiger charge is 2.26. The molecule has 0 aliphatic heterocycles. The van der Waals surface area contributed by atoms with E-state index in [1.165, 1.54) is 17.8 Å². The fraction of sp³-hybridized carbons (Fsp3) is 0.333. The van der Waals surface area contributed by atoms with Gasteiger partial charge in [0.1, 0.15) is 5.82 Å². The number of hydrogen-bond acceptors (Lipinski definition) is 5. The molecule has 2 N–H and O–H groups in total. The van der Waals surface area contributed by atoms with Gasteiger partial charge < -0.3 is 10.4 Å². The normalized spacial score (nSPS) is 14.0. The maximum Gasteiger partial charge on any atom is 0.125 e. The number of nitrogens with one attached hydrogen (secondary N) is 1. The highest BCUT2D eigenvalue weighted by molar-refractivity contribution is 7.09. The van der Waals surface area contributed by atoms with Gasteiger partial charge in [-0.1, -0.05) is 30.3 Å². The van der Waals surface area contributed by atoms with Gasteiger partial charge in [-0.15, -0.1) is 11.3 Å². The third kappa shape index (κ3) is 3.34. The summed E-state index contributed by atoms with van der Waals surface area (Å²) in [5.74, 6) is 1.61. The molecule has 2 heterocycles. The average molecular weight is 340 g/mol. The molecule has 1 aromatic carbocycles. The molecule has 24 heavy (non-hydrogen) atoms. The van der Waals surface area contributed by atoms with Crippen molar-refractivity contribution in [2.45, 2.75) is 31.8 Å². The first-order chi connectivity index (χ1) is 11.8. The largest absolute Gasteiger partial charge is 0.394 e. The summed E-state index contributed by atoms with van der Waals surface area (Å²) >= 11 is 1.76. The summed E-state index contributed by atoms with van der Waals surface area (Å²) in [7, 11) is 0. The number of benzene rings is 1. The molecule has 0 amide bonds. The van der Waals surface area contributed by atoms with Gasteiger partial charge >= 0.3 is 0 Å². The van der Waals surface area contributed by atoms with Gasteiger partial charge in [0.05, 0.1) is 36.1 Å². The molecule has 0 spiro atoms. The lowest BCUT2D eigenvalue weighted by Gasteiger charge is -2.07. The maximum absolute atomic E-state index is 9.28. The van der Waals surface area contributed by atoms with Crippen molar-refractivity contribution in [2.24, 2.45) is 0 Å². The molecule has 1 saturated carbocycles. The standard InChI is InChI=1S/C18H20N4OS/c23-9-8-22-17(10-16(21-22)13-4-2-1-3-5-13)19-11-15-12-24-18(20-15)14-6-7-14/h1-5,10,12,14,19,23H,6-9,11H2. The topological polar surface area (TPSA) is 63.0 Å². The molecule has 1 aliphatic carbocycles. The molecule has 124 valence electrons. The van der Waals surface area contributed by atoms with Gasteiger partial charge in [-0.25, -0.2) is 9.67 Å². The Hall–Kier alpha value is -2.18. The Kier molecular flexibility index (Phi) is 4.32. The summed E-state index contributed by atoms with van der Waals surface area (Å²) in [6.45, 7) is 1.21. The van der Waals surface area contributed by atoms with Gasteiger partial charge in [-0.3, -0.25) is 0 Å². The number of rotatable bonds is 7. The second-order valence-electron chi connectivity index (χ2n) is 6.03. The quantitative estimate of drug-likeness (QED) is 0.691. The predicted molar refractivity (Wildman–Crippen MR) is 96.2 cm³/mol. The Morgan fingerprint density at radius 3 is 2.83 bits per heavy atom. The zero-order chi connectivity index (χ0) is 16.4. The summed E-state index contributed by atoms with van der Waals surface area (Å²) < 4.78 is 1.82. The first-order valence-corrected chi connectivity index (χ1v) is 9.14. The van der Waals surface area contributed by atoms with Crippen molar-refractivity contribution in [2.75, 3.05) is 11.9 Å². The third-order valence-corrected chi connectivity index (χ3v) is 5.16. The number of aliphatic hydroxyl groups excluding tert-OH is 1. The zero-order valence-electron chi connectivity index (χ0n) is 13.4. The molecule has 1 aliphatic rings. The van der Waals surface area contributed by atoms with Crippen LogP contribution in [0.15, 0.2) is 41.8 Å². The van der Waals surface area contributed by atoms with Crippen molar-refractivity contribution in [1.29, 1.82) is 0 Å². The van der Waals surface area contributed by atoms with E-state index in [2.05, 4.69) is 15.8 Å². The van der Waals surface area contributed by atoms with E-state index in [-0.39, 0.29) is 6.61 Å². The van der Waals surface area contributed by atoms with E-state index in [9.17, 15) is 5.11 Å². The van der Waals surface area contributed by atoms with Crippen LogP contribution in [0.4, 0.5) is 5.82 Å². The lowest BCUT2D eigenvalue weighted by Crippen LogP contribution is -2.10. The second-order valence-corrected chi connectivity index (χ2v) is 6.92. The lowest BCUT2D eigenvalue weighted by molar-refractivity contribution is 0.270. The fourth-order valence-electron chi connectivity index (χ4n) is 2.68. The van der Waals surface area contributed by atoms with Gasteiger partial charge in [-0.05, 0) is 12.8 Å². The Morgan fingerprint density at radius 2 is 2.08 bits per heavy atom. The minimum atomic E-state index is 0.0626. The Bertz CT molecular complexity index is 808. The van der Waals surface area contributed by atoms with Gasteiger partial charge in [0.2, 0.25) is 0 Å². The van der Waals surface area contributed by atoms with E-state index in [4.69, 9.17) is 4.98 Å². The second kappa shape index (κ2) is 6.75. The minimum absolute atomic E-state index is 0.0626. The summed E-state index contributed by atoms with van der Waals surface area (Å²) in [6, 6.07) is 12.1. The van der Waals surface area contributed by atoms with E-state index >= 15 is 0 Å². The highest BCUT2D eigenvalue weighted by Crippen LogP contribution is 2.41. The van der Waals surface area contributed by atoms with Gasteiger partial charge in [0, 0.05) is 22.9 Å². The first kappa shape index (κ1) is 15.4. The van der Waals surface area contributed by atoms with Crippen LogP contribution in [-0.2, 0) is 13.1 Å². The molecule has 5 nitrogen and oxygen atoms in total. The van der Waals surface area contributed by atoms with Crippen LogP contribution in [0.1, 0.15) is 29.5 Å². The monoisotopic (exact) mass is 340 g/mol. The number of aliphatic hydroxyl groups is 1. The number of nitrogens with zero attached hydrogens (tertiary/aromatic N) is 3. The minimum Gasteiger partial charge on any atom is -0.394 e. The number of thiazole rings is 1. The summed E-state index contributed by atoms with van der Waals surface area (Å²) in [4.78, 5) is 4.70. The molecule has 1 fully saturated rings. The maximum atomic E-state index is 9.28.